The molecule has 1 N–H and O–H groups in total. The Morgan fingerprint density at radius 3 is 2.52 bits per heavy atom. The van der Waals surface area contributed by atoms with Crippen LogP contribution in [0.5, 0.6) is 0 Å². The number of benzene rings is 2. The van der Waals surface area contributed by atoms with Crippen LogP contribution in [0.3, 0.4) is 0 Å². The van der Waals surface area contributed by atoms with E-state index in [4.69, 9.17) is 11.6 Å². The third-order valence-electron chi connectivity index (χ3n) is 4.10. The lowest BCUT2D eigenvalue weighted by atomic mass is 10.2. The molecule has 0 spiro atoms. The van der Waals surface area contributed by atoms with Crippen LogP contribution in [0.2, 0.25) is 5.02 Å². The summed E-state index contributed by atoms with van der Waals surface area (Å²) in [5.41, 5.74) is 2.33. The van der Waals surface area contributed by atoms with Gasteiger partial charge in [0.2, 0.25) is 0 Å². The number of halogens is 2. The minimum atomic E-state index is -0.505. The second-order valence-corrected chi connectivity index (χ2v) is 7.24. The molecule has 5 nitrogen and oxygen atoms in total. The summed E-state index contributed by atoms with van der Waals surface area (Å²) in [7, 11) is 0. The summed E-state index contributed by atoms with van der Waals surface area (Å²) in [5.74, 6) is -0.427. The van der Waals surface area contributed by atoms with Gasteiger partial charge in [0.15, 0.2) is 0 Å². The first-order valence-corrected chi connectivity index (χ1v) is 9.26. The largest absolute Gasteiger partial charge is 0.333 e. The van der Waals surface area contributed by atoms with Crippen molar-refractivity contribution < 1.29 is 9.59 Å². The van der Waals surface area contributed by atoms with Crippen molar-refractivity contribution in [1.29, 1.82) is 0 Å². The fraction of sp³-hybridized carbons (Fsp3) is 0. The number of aromatic nitrogens is 1. The number of carbonyl (C=O) groups is 2. The second-order valence-electron chi connectivity index (χ2n) is 5.89. The molecule has 0 unspecified atom stereocenters. The SMILES string of the molecule is O=C1N/C(=C/c2cccn2-c2cccc(Br)c2)C(=O)N1c1cccc(Cl)c1. The van der Waals surface area contributed by atoms with Crippen molar-refractivity contribution in [3.05, 3.63) is 87.7 Å². The predicted molar refractivity (Wildman–Crippen MR) is 109 cm³/mol. The van der Waals surface area contributed by atoms with Crippen molar-refractivity contribution in [3.8, 4) is 5.69 Å². The fourth-order valence-electron chi connectivity index (χ4n) is 2.91. The van der Waals surface area contributed by atoms with Crippen molar-refractivity contribution >= 4 is 51.2 Å². The van der Waals surface area contributed by atoms with E-state index in [0.29, 0.717) is 10.7 Å². The van der Waals surface area contributed by atoms with Crippen molar-refractivity contribution in [2.45, 2.75) is 0 Å². The minimum absolute atomic E-state index is 0.204. The normalized spacial score (nSPS) is 15.5. The van der Waals surface area contributed by atoms with Gasteiger partial charge in [-0.25, -0.2) is 9.69 Å². The number of hydrogen-bond acceptors (Lipinski definition) is 2. The number of nitrogens with zero attached hydrogens (tertiary/aromatic N) is 2. The highest BCUT2D eigenvalue weighted by molar-refractivity contribution is 9.10. The second kappa shape index (κ2) is 7.06. The lowest BCUT2D eigenvalue weighted by Gasteiger charge is -2.11. The van der Waals surface area contributed by atoms with E-state index < -0.39 is 11.9 Å². The molecular formula is C20H13BrClN3O2. The van der Waals surface area contributed by atoms with Crippen molar-refractivity contribution in [2.75, 3.05) is 4.90 Å². The Labute approximate surface area is 169 Å². The van der Waals surface area contributed by atoms with Gasteiger partial charge < -0.3 is 9.88 Å². The van der Waals surface area contributed by atoms with Crippen LogP contribution in [0, 0.1) is 0 Å². The monoisotopic (exact) mass is 441 g/mol. The first kappa shape index (κ1) is 17.6. The van der Waals surface area contributed by atoms with Gasteiger partial charge in [-0.05, 0) is 54.6 Å². The molecule has 134 valence electrons. The van der Waals surface area contributed by atoms with E-state index in [2.05, 4.69) is 21.2 Å². The van der Waals surface area contributed by atoms with E-state index in [9.17, 15) is 9.59 Å². The summed E-state index contributed by atoms with van der Waals surface area (Å²) < 4.78 is 2.88. The van der Waals surface area contributed by atoms with Crippen LogP contribution < -0.4 is 10.2 Å². The molecule has 2 aromatic carbocycles. The molecule has 1 fully saturated rings. The number of anilines is 1. The Morgan fingerprint density at radius 2 is 1.74 bits per heavy atom. The molecule has 0 saturated carbocycles. The first-order valence-electron chi connectivity index (χ1n) is 8.09. The van der Waals surface area contributed by atoms with E-state index in [0.717, 1.165) is 20.8 Å². The maximum atomic E-state index is 12.8. The molecule has 3 aromatic rings. The molecule has 3 amide bonds. The highest BCUT2D eigenvalue weighted by atomic mass is 79.9. The number of imide groups is 1. The summed E-state index contributed by atoms with van der Waals surface area (Å²) in [6.45, 7) is 0. The zero-order valence-electron chi connectivity index (χ0n) is 13.9. The van der Waals surface area contributed by atoms with Crippen molar-refractivity contribution in [1.82, 2.24) is 9.88 Å². The first-order chi connectivity index (χ1) is 13.0. The molecule has 7 heteroatoms. The van der Waals surface area contributed by atoms with Gasteiger partial charge in [0, 0.05) is 27.1 Å². The van der Waals surface area contributed by atoms with Gasteiger partial charge in [-0.2, -0.15) is 0 Å². The van der Waals surface area contributed by atoms with E-state index in [1.165, 1.54) is 0 Å². The highest BCUT2D eigenvalue weighted by Crippen LogP contribution is 2.26. The summed E-state index contributed by atoms with van der Waals surface area (Å²) in [6.07, 6.45) is 3.55. The quantitative estimate of drug-likeness (QED) is 0.459. The lowest BCUT2D eigenvalue weighted by Crippen LogP contribution is -2.30. The van der Waals surface area contributed by atoms with E-state index >= 15 is 0 Å². The topological polar surface area (TPSA) is 54.3 Å². The minimum Gasteiger partial charge on any atom is -0.317 e. The smallest absolute Gasteiger partial charge is 0.317 e. The van der Waals surface area contributed by atoms with Gasteiger partial charge in [0.05, 0.1) is 5.69 Å². The molecule has 27 heavy (non-hydrogen) atoms. The van der Waals surface area contributed by atoms with Gasteiger partial charge >= 0.3 is 6.03 Å². The molecule has 0 radical (unpaired) electrons. The average Bonchev–Trinajstić information content (AvgIpc) is 3.20. The summed E-state index contributed by atoms with van der Waals surface area (Å²) in [5, 5.41) is 3.09. The van der Waals surface area contributed by atoms with Crippen LogP contribution >= 0.6 is 27.5 Å². The van der Waals surface area contributed by atoms with Crippen LogP contribution in [0.1, 0.15) is 5.69 Å². The molecular weight excluding hydrogens is 430 g/mol. The molecule has 0 atom stereocenters. The van der Waals surface area contributed by atoms with Crippen molar-refractivity contribution in [2.24, 2.45) is 0 Å². The number of amides is 3. The van der Waals surface area contributed by atoms with Gasteiger partial charge in [-0.3, -0.25) is 4.79 Å². The molecule has 4 rings (SSSR count). The van der Waals surface area contributed by atoms with Crippen LogP contribution in [-0.4, -0.2) is 16.5 Å². The van der Waals surface area contributed by atoms with E-state index in [1.54, 1.807) is 30.3 Å². The standard InChI is InChI=1S/C20H13BrClN3O2/c21-13-4-1-6-15(10-13)24-9-3-8-16(24)12-18-19(26)25(20(27)23-18)17-7-2-5-14(22)11-17/h1-12H,(H,23,27)/b18-12+. The van der Waals surface area contributed by atoms with Crippen LogP contribution in [-0.2, 0) is 4.79 Å². The molecule has 1 aliphatic rings. The Kier molecular flexibility index (Phi) is 4.59. The maximum absolute atomic E-state index is 12.8. The number of carbonyl (C=O) groups excluding carboxylic acids is 2. The predicted octanol–water partition coefficient (Wildman–Crippen LogP) is 4.99. The Morgan fingerprint density at radius 1 is 0.963 bits per heavy atom. The van der Waals surface area contributed by atoms with Crippen LogP contribution in [0.4, 0.5) is 10.5 Å². The average molecular weight is 443 g/mol. The van der Waals surface area contributed by atoms with Gasteiger partial charge in [0.1, 0.15) is 5.70 Å². The molecule has 1 aliphatic heterocycles. The van der Waals surface area contributed by atoms with Gasteiger partial charge in [-0.15, -0.1) is 0 Å². The molecule has 1 saturated heterocycles. The van der Waals surface area contributed by atoms with E-state index in [1.807, 2.05) is 47.2 Å². The lowest BCUT2D eigenvalue weighted by molar-refractivity contribution is -0.113. The Hall–Kier alpha value is -2.83. The van der Waals surface area contributed by atoms with Gasteiger partial charge in [0.25, 0.3) is 5.91 Å². The molecule has 2 heterocycles. The highest BCUT2D eigenvalue weighted by Gasteiger charge is 2.35. The number of urea groups is 1. The Balaban J connectivity index is 1.69. The van der Waals surface area contributed by atoms with Crippen LogP contribution in [0.15, 0.2) is 77.0 Å². The zero-order chi connectivity index (χ0) is 19.0. The number of nitrogens with one attached hydrogen (secondary N) is 1. The third-order valence-corrected chi connectivity index (χ3v) is 4.83. The summed E-state index contributed by atoms with van der Waals surface area (Å²) in [4.78, 5) is 26.2. The third kappa shape index (κ3) is 3.41. The maximum Gasteiger partial charge on any atom is 0.333 e. The van der Waals surface area contributed by atoms with E-state index in [-0.39, 0.29) is 5.70 Å². The summed E-state index contributed by atoms with van der Waals surface area (Å²) in [6, 6.07) is 17.7. The zero-order valence-corrected chi connectivity index (χ0v) is 16.2. The van der Waals surface area contributed by atoms with Crippen LogP contribution in [0.25, 0.3) is 11.8 Å². The Bertz CT molecular complexity index is 1090. The fourth-order valence-corrected chi connectivity index (χ4v) is 3.48. The van der Waals surface area contributed by atoms with Gasteiger partial charge in [-0.1, -0.05) is 39.7 Å². The molecule has 0 bridgehead atoms. The van der Waals surface area contributed by atoms with Crippen molar-refractivity contribution in [3.63, 3.8) is 0 Å². The number of rotatable bonds is 3. The summed E-state index contributed by atoms with van der Waals surface area (Å²) >= 11 is 9.44. The molecule has 1 aromatic heterocycles. The molecule has 0 aliphatic carbocycles. The number of hydrogen-bond donors (Lipinski definition) is 1.